The molecule has 3 aliphatic rings. The van der Waals surface area contributed by atoms with Crippen LogP contribution in [0.25, 0.3) is 0 Å². The number of rotatable bonds is 1. The van der Waals surface area contributed by atoms with Gasteiger partial charge >= 0.3 is 0 Å². The zero-order valence-electron chi connectivity index (χ0n) is 11.1. The Hall–Kier alpha value is -0.270. The van der Waals surface area contributed by atoms with Crippen LogP contribution in [-0.4, -0.2) is 49.0 Å². The molecule has 0 N–H and O–H groups in total. The van der Waals surface area contributed by atoms with E-state index in [2.05, 4.69) is 0 Å². The Morgan fingerprint density at radius 2 is 1.78 bits per heavy atom. The van der Waals surface area contributed by atoms with Gasteiger partial charge < -0.3 is 23.7 Å². The van der Waals surface area contributed by atoms with E-state index in [0.29, 0.717) is 6.61 Å². The number of halogens is 1. The summed E-state index contributed by atoms with van der Waals surface area (Å²) in [4.78, 5) is 0. The average molecular weight is 262 g/mol. The minimum Gasteiger partial charge on any atom is -0.348 e. The van der Waals surface area contributed by atoms with Crippen molar-refractivity contribution in [1.82, 2.24) is 0 Å². The van der Waals surface area contributed by atoms with E-state index in [1.807, 2.05) is 13.8 Å². The van der Waals surface area contributed by atoms with E-state index in [0.717, 1.165) is 0 Å². The molecule has 0 aliphatic carbocycles. The van der Waals surface area contributed by atoms with Crippen LogP contribution in [0.3, 0.4) is 0 Å². The van der Waals surface area contributed by atoms with Gasteiger partial charge in [0.25, 0.3) is 0 Å². The number of ether oxygens (including phenoxy) is 5. The van der Waals surface area contributed by atoms with Crippen molar-refractivity contribution in [3.63, 3.8) is 0 Å². The molecule has 0 aromatic rings. The van der Waals surface area contributed by atoms with Gasteiger partial charge in [-0.1, -0.05) is 0 Å². The van der Waals surface area contributed by atoms with Crippen LogP contribution in [0, 0.1) is 0 Å². The van der Waals surface area contributed by atoms with Crippen molar-refractivity contribution >= 4 is 0 Å². The summed E-state index contributed by atoms with van der Waals surface area (Å²) in [6, 6.07) is 0. The Kier molecular flexibility index (Phi) is 2.58. The van der Waals surface area contributed by atoms with Gasteiger partial charge in [0.15, 0.2) is 11.6 Å². The van der Waals surface area contributed by atoms with E-state index in [1.54, 1.807) is 13.8 Å². The molecule has 0 aromatic heterocycles. The normalized spacial score (nSPS) is 48.8. The maximum absolute atomic E-state index is 13.4. The van der Waals surface area contributed by atoms with Crippen LogP contribution >= 0.6 is 0 Å². The lowest BCUT2D eigenvalue weighted by Crippen LogP contribution is -2.51. The van der Waals surface area contributed by atoms with Gasteiger partial charge in [-0.05, 0) is 27.7 Å². The first kappa shape index (κ1) is 12.7. The van der Waals surface area contributed by atoms with Crippen LogP contribution in [0.1, 0.15) is 27.7 Å². The second-order valence-electron chi connectivity index (χ2n) is 5.94. The maximum atomic E-state index is 13.4. The van der Waals surface area contributed by atoms with Gasteiger partial charge in [0.1, 0.15) is 25.0 Å². The summed E-state index contributed by atoms with van der Waals surface area (Å²) in [5.74, 6) is -2.94. The highest BCUT2D eigenvalue weighted by molar-refractivity contribution is 5.04. The molecule has 0 radical (unpaired) electrons. The molecule has 18 heavy (non-hydrogen) atoms. The molecule has 5 nitrogen and oxygen atoms in total. The summed E-state index contributed by atoms with van der Waals surface area (Å²) >= 11 is 0. The molecule has 0 saturated carbocycles. The molecule has 0 aromatic carbocycles. The first-order valence-corrected chi connectivity index (χ1v) is 6.20. The summed E-state index contributed by atoms with van der Waals surface area (Å²) in [7, 11) is 0. The number of hydrogen-bond donors (Lipinski definition) is 0. The quantitative estimate of drug-likeness (QED) is 0.714. The zero-order chi connectivity index (χ0) is 13.2. The molecule has 3 rings (SSSR count). The van der Waals surface area contributed by atoms with E-state index in [4.69, 9.17) is 23.7 Å². The van der Waals surface area contributed by atoms with E-state index in [1.165, 1.54) is 0 Å². The first-order chi connectivity index (χ1) is 8.27. The third kappa shape index (κ3) is 1.78. The van der Waals surface area contributed by atoms with E-state index in [9.17, 15) is 4.39 Å². The van der Waals surface area contributed by atoms with Gasteiger partial charge in [0.2, 0.25) is 5.79 Å². The smallest absolute Gasteiger partial charge is 0.229 e. The average Bonchev–Trinajstić information content (AvgIpc) is 2.66. The summed E-state index contributed by atoms with van der Waals surface area (Å²) in [6.07, 6.45) is -1.29. The number of fused-ring (bicyclic) bond motifs is 3. The number of alkyl halides is 1. The molecular formula is C12H19FO5. The predicted molar refractivity (Wildman–Crippen MR) is 58.5 cm³/mol. The van der Waals surface area contributed by atoms with Crippen LogP contribution in [0.5, 0.6) is 0 Å². The van der Waals surface area contributed by atoms with Crippen LogP contribution in [0.15, 0.2) is 0 Å². The molecule has 3 fully saturated rings. The topological polar surface area (TPSA) is 46.2 Å². The third-order valence-electron chi connectivity index (χ3n) is 3.48. The molecule has 0 spiro atoms. The molecular weight excluding hydrogens is 243 g/mol. The summed E-state index contributed by atoms with van der Waals surface area (Å²) < 4.78 is 41.8. The molecule has 3 saturated heterocycles. The van der Waals surface area contributed by atoms with Crippen LogP contribution < -0.4 is 0 Å². The minimum atomic E-state index is -1.36. The minimum absolute atomic E-state index is 0.350. The third-order valence-corrected chi connectivity index (χ3v) is 3.48. The lowest BCUT2D eigenvalue weighted by atomic mass is 10.0. The molecule has 6 heteroatoms. The highest BCUT2D eigenvalue weighted by Gasteiger charge is 2.67. The summed E-state index contributed by atoms with van der Waals surface area (Å²) in [5.41, 5.74) is 0. The highest BCUT2D eigenvalue weighted by Crippen LogP contribution is 2.48. The Bertz CT molecular complexity index is 358. The highest BCUT2D eigenvalue weighted by atomic mass is 19.1. The van der Waals surface area contributed by atoms with E-state index in [-0.39, 0.29) is 12.2 Å². The largest absolute Gasteiger partial charge is 0.348 e. The van der Waals surface area contributed by atoms with Gasteiger partial charge in [-0.15, -0.1) is 0 Å². The Labute approximate surface area is 105 Å². The SMILES string of the molecule is CC1(C)OC[C@@H]2O[C@@]3(CF)OC(C)(C)O[C@H]3[C@@H]2O1. The van der Waals surface area contributed by atoms with Crippen LogP contribution in [-0.2, 0) is 23.7 Å². The van der Waals surface area contributed by atoms with Crippen molar-refractivity contribution in [3.8, 4) is 0 Å². The van der Waals surface area contributed by atoms with Crippen molar-refractivity contribution in [3.05, 3.63) is 0 Å². The Morgan fingerprint density at radius 3 is 2.44 bits per heavy atom. The fourth-order valence-corrected chi connectivity index (χ4v) is 2.87. The number of hydrogen-bond acceptors (Lipinski definition) is 5. The maximum Gasteiger partial charge on any atom is 0.229 e. The molecule has 0 bridgehead atoms. The van der Waals surface area contributed by atoms with Crippen molar-refractivity contribution < 1.29 is 28.1 Å². The standard InChI is InChI=1S/C12H19FO5/c1-10(2)14-5-7-8(16-10)9-12(6-13,15-7)18-11(3,4)17-9/h7-9H,5-6H2,1-4H3/t7-,8+,9-,12-/m0/s1. The molecule has 104 valence electrons. The van der Waals surface area contributed by atoms with Gasteiger partial charge in [-0.2, -0.15) is 0 Å². The van der Waals surface area contributed by atoms with E-state index >= 15 is 0 Å². The lowest BCUT2D eigenvalue weighted by molar-refractivity contribution is -0.328. The molecule has 0 amide bonds. The lowest BCUT2D eigenvalue weighted by Gasteiger charge is -2.38. The van der Waals surface area contributed by atoms with Gasteiger partial charge in [-0.25, -0.2) is 4.39 Å². The fourth-order valence-electron chi connectivity index (χ4n) is 2.87. The second kappa shape index (κ2) is 3.64. The molecule has 3 aliphatic heterocycles. The zero-order valence-corrected chi connectivity index (χ0v) is 11.1. The van der Waals surface area contributed by atoms with Crippen LogP contribution in [0.2, 0.25) is 0 Å². The Morgan fingerprint density at radius 1 is 1.06 bits per heavy atom. The fraction of sp³-hybridized carbons (Fsp3) is 1.00. The van der Waals surface area contributed by atoms with Gasteiger partial charge in [0.05, 0.1) is 6.61 Å². The summed E-state index contributed by atoms with van der Waals surface area (Å²) in [5, 5.41) is 0. The van der Waals surface area contributed by atoms with E-state index < -0.39 is 30.1 Å². The first-order valence-electron chi connectivity index (χ1n) is 6.20. The van der Waals surface area contributed by atoms with Crippen molar-refractivity contribution in [2.45, 2.75) is 63.4 Å². The van der Waals surface area contributed by atoms with Gasteiger partial charge in [-0.3, -0.25) is 0 Å². The Balaban J connectivity index is 1.88. The van der Waals surface area contributed by atoms with Crippen molar-refractivity contribution in [2.24, 2.45) is 0 Å². The second-order valence-corrected chi connectivity index (χ2v) is 5.94. The molecule has 4 atom stereocenters. The predicted octanol–water partition coefficient (Wildman–Crippen LogP) is 1.35. The molecule has 3 heterocycles. The molecule has 0 unspecified atom stereocenters. The summed E-state index contributed by atoms with van der Waals surface area (Å²) in [6.45, 7) is 6.71. The van der Waals surface area contributed by atoms with Gasteiger partial charge in [0, 0.05) is 0 Å². The van der Waals surface area contributed by atoms with Crippen molar-refractivity contribution in [1.29, 1.82) is 0 Å². The monoisotopic (exact) mass is 262 g/mol. The van der Waals surface area contributed by atoms with Crippen LogP contribution in [0.4, 0.5) is 4.39 Å². The van der Waals surface area contributed by atoms with Crippen molar-refractivity contribution in [2.75, 3.05) is 13.3 Å².